The van der Waals surface area contributed by atoms with Crippen molar-refractivity contribution in [3.05, 3.63) is 46.0 Å². The van der Waals surface area contributed by atoms with Crippen molar-refractivity contribution in [3.63, 3.8) is 0 Å². The maximum Gasteiger partial charge on any atom is 0.310 e. The largest absolute Gasteiger partial charge is 0.477 e. The van der Waals surface area contributed by atoms with Gasteiger partial charge < -0.3 is 4.74 Å². The van der Waals surface area contributed by atoms with Crippen LogP contribution in [0.3, 0.4) is 0 Å². The summed E-state index contributed by atoms with van der Waals surface area (Å²) in [7, 11) is 0. The molecule has 3 unspecified atom stereocenters. The number of para-hydroxylation sites is 2. The van der Waals surface area contributed by atoms with Crippen molar-refractivity contribution in [2.24, 2.45) is 28.3 Å². The van der Waals surface area contributed by atoms with Crippen LogP contribution in [0.15, 0.2) is 41.0 Å². The first-order chi connectivity index (χ1) is 13.8. The van der Waals surface area contributed by atoms with Crippen LogP contribution < -0.4 is 10.2 Å². The molecule has 1 saturated carbocycles. The van der Waals surface area contributed by atoms with E-state index in [1.807, 2.05) is 6.21 Å². The lowest BCUT2D eigenvalue weighted by Crippen LogP contribution is -2.37. The molecule has 0 aromatic heterocycles. The zero-order chi connectivity index (χ0) is 21.0. The lowest BCUT2D eigenvalue weighted by molar-refractivity contribution is -0.385. The van der Waals surface area contributed by atoms with E-state index in [-0.39, 0.29) is 18.0 Å². The van der Waals surface area contributed by atoms with Crippen LogP contribution in [0.1, 0.15) is 46.5 Å². The predicted octanol–water partition coefficient (Wildman–Crippen LogP) is 4.48. The van der Waals surface area contributed by atoms with Gasteiger partial charge in [-0.1, -0.05) is 44.6 Å². The number of hydrogen-bond donors (Lipinski definition) is 1. The molecule has 0 saturated heterocycles. The van der Waals surface area contributed by atoms with Crippen molar-refractivity contribution >= 4 is 17.8 Å². The minimum Gasteiger partial charge on any atom is -0.477 e. The van der Waals surface area contributed by atoms with Crippen molar-refractivity contribution in [2.75, 3.05) is 6.61 Å². The van der Waals surface area contributed by atoms with E-state index in [9.17, 15) is 14.9 Å². The minimum absolute atomic E-state index is 0.0661. The Morgan fingerprint density at radius 2 is 2.17 bits per heavy atom. The number of amides is 1. The van der Waals surface area contributed by atoms with E-state index in [0.29, 0.717) is 23.2 Å². The molecule has 0 radical (unpaired) electrons. The first-order valence-electron chi connectivity index (χ1n) is 10.1. The van der Waals surface area contributed by atoms with Crippen LogP contribution in [-0.4, -0.2) is 23.7 Å². The standard InChI is InChI=1S/C22H29N3O4/c1-15-11-16-7-6-10-22(2,3)18(16)12-17(15)13-23-24-21(26)14-29-20-9-5-4-8-19(20)25(27)28/h4-5,7-9,13,15,17-18H,6,10-12,14H2,1-3H3,(H,24,26)/b23-13+. The number of carbonyl (C=O) groups is 1. The zero-order valence-corrected chi connectivity index (χ0v) is 17.3. The SMILES string of the molecule is CC1CC2=CCCC(C)(C)C2CC1/C=N/NC(=O)COc1ccccc1[N+](=O)[O-]. The molecule has 29 heavy (non-hydrogen) atoms. The molecule has 0 spiro atoms. The zero-order valence-electron chi connectivity index (χ0n) is 17.3. The number of carbonyl (C=O) groups excluding carboxylic acids is 1. The molecule has 2 aliphatic rings. The number of nitrogens with zero attached hydrogens (tertiary/aromatic N) is 2. The fourth-order valence-electron chi connectivity index (χ4n) is 4.49. The van der Waals surface area contributed by atoms with Gasteiger partial charge in [-0.25, -0.2) is 5.43 Å². The third-order valence-electron chi connectivity index (χ3n) is 6.26. The van der Waals surface area contributed by atoms with Gasteiger partial charge in [0, 0.05) is 12.3 Å². The molecular formula is C22H29N3O4. The summed E-state index contributed by atoms with van der Waals surface area (Å²) in [6.45, 7) is 6.59. The van der Waals surface area contributed by atoms with E-state index in [4.69, 9.17) is 4.74 Å². The molecule has 3 atom stereocenters. The molecule has 1 amide bonds. The van der Waals surface area contributed by atoms with Crippen molar-refractivity contribution in [1.29, 1.82) is 0 Å². The number of ether oxygens (including phenoxy) is 1. The maximum atomic E-state index is 12.0. The molecule has 2 aliphatic carbocycles. The Balaban J connectivity index is 1.53. The van der Waals surface area contributed by atoms with Gasteiger partial charge in [-0.2, -0.15) is 5.10 Å². The van der Waals surface area contributed by atoms with Crippen LogP contribution >= 0.6 is 0 Å². The van der Waals surface area contributed by atoms with Gasteiger partial charge >= 0.3 is 5.69 Å². The number of hydrazone groups is 1. The topological polar surface area (TPSA) is 93.8 Å². The second-order valence-electron chi connectivity index (χ2n) is 8.77. The Kier molecular flexibility index (Phi) is 6.35. The summed E-state index contributed by atoms with van der Waals surface area (Å²) in [4.78, 5) is 22.5. The molecular weight excluding hydrogens is 370 g/mol. The van der Waals surface area contributed by atoms with E-state index in [0.717, 1.165) is 12.8 Å². The molecule has 0 heterocycles. The van der Waals surface area contributed by atoms with Crippen LogP contribution in [0.2, 0.25) is 0 Å². The van der Waals surface area contributed by atoms with E-state index in [1.165, 1.54) is 25.0 Å². The van der Waals surface area contributed by atoms with Gasteiger partial charge in [0.1, 0.15) is 0 Å². The summed E-state index contributed by atoms with van der Waals surface area (Å²) < 4.78 is 5.29. The second-order valence-corrected chi connectivity index (χ2v) is 8.77. The van der Waals surface area contributed by atoms with Crippen LogP contribution in [0.5, 0.6) is 5.75 Å². The number of nitro benzene ring substituents is 1. The van der Waals surface area contributed by atoms with E-state index >= 15 is 0 Å². The molecule has 3 rings (SSSR count). The third-order valence-corrected chi connectivity index (χ3v) is 6.26. The Morgan fingerprint density at radius 3 is 2.93 bits per heavy atom. The van der Waals surface area contributed by atoms with Gasteiger partial charge in [0.2, 0.25) is 0 Å². The minimum atomic E-state index is -0.536. The lowest BCUT2D eigenvalue weighted by Gasteiger charge is -2.46. The van der Waals surface area contributed by atoms with Gasteiger partial charge in [0.15, 0.2) is 12.4 Å². The van der Waals surface area contributed by atoms with Crippen LogP contribution in [0.25, 0.3) is 0 Å². The Labute approximate surface area is 171 Å². The molecule has 7 nitrogen and oxygen atoms in total. The van der Waals surface area contributed by atoms with Crippen molar-refractivity contribution in [1.82, 2.24) is 5.43 Å². The summed E-state index contributed by atoms with van der Waals surface area (Å²) in [5, 5.41) is 15.1. The number of fused-ring (bicyclic) bond motifs is 1. The predicted molar refractivity (Wildman–Crippen MR) is 112 cm³/mol. The molecule has 1 aromatic rings. The van der Waals surface area contributed by atoms with Gasteiger partial charge in [-0.3, -0.25) is 14.9 Å². The van der Waals surface area contributed by atoms with Crippen molar-refractivity contribution < 1.29 is 14.5 Å². The van der Waals surface area contributed by atoms with E-state index in [1.54, 1.807) is 17.7 Å². The Hall–Kier alpha value is -2.70. The summed E-state index contributed by atoms with van der Waals surface area (Å²) in [5.74, 6) is 0.987. The Bertz CT molecular complexity index is 831. The number of hydrogen-bond acceptors (Lipinski definition) is 5. The fraction of sp³-hybridized carbons (Fsp3) is 0.545. The highest BCUT2D eigenvalue weighted by Gasteiger charge is 2.40. The molecule has 1 aromatic carbocycles. The number of benzene rings is 1. The highest BCUT2D eigenvalue weighted by atomic mass is 16.6. The average Bonchev–Trinajstić information content (AvgIpc) is 2.67. The van der Waals surface area contributed by atoms with E-state index < -0.39 is 10.8 Å². The van der Waals surface area contributed by atoms with Crippen molar-refractivity contribution in [2.45, 2.75) is 46.5 Å². The normalized spacial score (nSPS) is 25.8. The molecule has 156 valence electrons. The molecule has 1 fully saturated rings. The summed E-state index contributed by atoms with van der Waals surface area (Å²) in [6.07, 6.45) is 8.77. The Morgan fingerprint density at radius 1 is 1.41 bits per heavy atom. The van der Waals surface area contributed by atoms with Crippen LogP contribution in [-0.2, 0) is 4.79 Å². The van der Waals surface area contributed by atoms with Gasteiger partial charge in [-0.15, -0.1) is 0 Å². The number of nitro groups is 1. The quantitative estimate of drug-likeness (QED) is 0.330. The lowest BCUT2D eigenvalue weighted by atomic mass is 9.59. The third kappa shape index (κ3) is 5.02. The molecule has 0 bridgehead atoms. The van der Waals surface area contributed by atoms with Crippen molar-refractivity contribution in [3.8, 4) is 5.75 Å². The first-order valence-corrected chi connectivity index (χ1v) is 10.1. The second kappa shape index (κ2) is 8.76. The molecule has 1 N–H and O–H groups in total. The first kappa shape index (κ1) is 21.0. The summed E-state index contributed by atoms with van der Waals surface area (Å²) >= 11 is 0. The van der Waals surface area contributed by atoms with Gasteiger partial charge in [0.25, 0.3) is 5.91 Å². The maximum absolute atomic E-state index is 12.0. The number of nitrogens with one attached hydrogen (secondary N) is 1. The number of allylic oxidation sites excluding steroid dienone is 2. The monoisotopic (exact) mass is 399 g/mol. The average molecular weight is 399 g/mol. The highest BCUT2D eigenvalue weighted by molar-refractivity contribution is 5.78. The fourth-order valence-corrected chi connectivity index (χ4v) is 4.49. The smallest absolute Gasteiger partial charge is 0.310 e. The highest BCUT2D eigenvalue weighted by Crippen LogP contribution is 2.50. The van der Waals surface area contributed by atoms with Crippen LogP contribution in [0.4, 0.5) is 5.69 Å². The number of rotatable bonds is 6. The summed E-state index contributed by atoms with van der Waals surface area (Å²) in [6, 6.07) is 5.98. The van der Waals surface area contributed by atoms with E-state index in [2.05, 4.69) is 37.4 Å². The van der Waals surface area contributed by atoms with Gasteiger partial charge in [0.05, 0.1) is 4.92 Å². The summed E-state index contributed by atoms with van der Waals surface area (Å²) in [5.41, 5.74) is 4.20. The molecule has 7 heteroatoms. The van der Waals surface area contributed by atoms with Crippen LogP contribution in [0, 0.1) is 33.3 Å². The molecule has 0 aliphatic heterocycles. The van der Waals surface area contributed by atoms with Gasteiger partial charge in [-0.05, 0) is 54.9 Å².